The molecule has 208 valence electrons. The summed E-state index contributed by atoms with van der Waals surface area (Å²) in [6.45, 7) is 0. The van der Waals surface area contributed by atoms with Crippen LogP contribution in [0.25, 0.3) is 51.1 Å². The monoisotopic (exact) mass is 598 g/mol. The van der Waals surface area contributed by atoms with Gasteiger partial charge in [-0.3, -0.25) is 0 Å². The quantitative estimate of drug-likeness (QED) is 0.212. The average Bonchev–Trinajstić information content (AvgIpc) is 3.63. The van der Waals surface area contributed by atoms with E-state index in [0.29, 0.717) is 0 Å². The van der Waals surface area contributed by atoms with Crippen LogP contribution in [0.4, 0.5) is 28.4 Å². The Balaban J connectivity index is 1.11. The SMILES string of the molecule is c1ccc(N(c2ccc3ccccc3c2)c2ccc3c(c2)sc2ccc(Nc4ccc5sc6ccccc6c5c4)cc23)cc1. The molecule has 9 rings (SSSR count). The number of fused-ring (bicyclic) bond motifs is 7. The maximum Gasteiger partial charge on any atom is 0.0476 e. The zero-order chi connectivity index (χ0) is 29.0. The molecule has 0 saturated heterocycles. The first-order valence-electron chi connectivity index (χ1n) is 14.8. The molecule has 0 radical (unpaired) electrons. The van der Waals surface area contributed by atoms with Gasteiger partial charge in [0.05, 0.1) is 0 Å². The molecule has 0 saturated carbocycles. The van der Waals surface area contributed by atoms with Crippen molar-refractivity contribution >= 4 is 102 Å². The van der Waals surface area contributed by atoms with Gasteiger partial charge in [0.1, 0.15) is 0 Å². The van der Waals surface area contributed by atoms with Crippen LogP contribution >= 0.6 is 22.7 Å². The Bertz CT molecular complexity index is 2490. The molecule has 0 aliphatic rings. The normalized spacial score (nSPS) is 11.6. The molecule has 0 unspecified atom stereocenters. The van der Waals surface area contributed by atoms with E-state index in [1.165, 1.54) is 51.1 Å². The van der Waals surface area contributed by atoms with Crippen LogP contribution in [0.1, 0.15) is 0 Å². The Morgan fingerprint density at radius 3 is 1.75 bits per heavy atom. The molecule has 4 heteroatoms. The second kappa shape index (κ2) is 10.2. The minimum atomic E-state index is 1.10. The fourth-order valence-corrected chi connectivity index (χ4v) is 8.50. The number of hydrogen-bond donors (Lipinski definition) is 1. The summed E-state index contributed by atoms with van der Waals surface area (Å²) in [5.74, 6) is 0. The van der Waals surface area contributed by atoms with E-state index in [-0.39, 0.29) is 0 Å². The minimum absolute atomic E-state index is 1.10. The second-order valence-corrected chi connectivity index (χ2v) is 13.3. The molecule has 7 aromatic carbocycles. The molecule has 2 heterocycles. The van der Waals surface area contributed by atoms with Crippen LogP contribution in [-0.4, -0.2) is 0 Å². The molecule has 9 aromatic rings. The third-order valence-corrected chi connectivity index (χ3v) is 10.7. The zero-order valence-electron chi connectivity index (χ0n) is 23.7. The summed E-state index contributed by atoms with van der Waals surface area (Å²) in [4.78, 5) is 2.35. The molecule has 0 aliphatic carbocycles. The molecule has 0 fully saturated rings. The van der Waals surface area contributed by atoms with Gasteiger partial charge in [0.2, 0.25) is 0 Å². The van der Waals surface area contributed by atoms with Crippen molar-refractivity contribution in [3.05, 3.63) is 152 Å². The van der Waals surface area contributed by atoms with E-state index >= 15 is 0 Å². The van der Waals surface area contributed by atoms with Crippen LogP contribution < -0.4 is 10.2 Å². The Hall–Kier alpha value is -5.16. The summed E-state index contributed by atoms with van der Waals surface area (Å²) in [6.07, 6.45) is 0. The Kier molecular flexibility index (Phi) is 5.90. The third-order valence-electron chi connectivity index (χ3n) is 8.38. The molecular weight excluding hydrogens is 573 g/mol. The first-order valence-corrected chi connectivity index (χ1v) is 16.4. The van der Waals surface area contributed by atoms with Crippen LogP contribution in [0, 0.1) is 0 Å². The van der Waals surface area contributed by atoms with Gasteiger partial charge in [-0.2, -0.15) is 0 Å². The number of anilines is 5. The van der Waals surface area contributed by atoms with Gasteiger partial charge in [-0.1, -0.05) is 72.8 Å². The molecule has 0 aliphatic heterocycles. The van der Waals surface area contributed by atoms with E-state index < -0.39 is 0 Å². The first-order chi connectivity index (χ1) is 21.8. The number of para-hydroxylation sites is 1. The van der Waals surface area contributed by atoms with E-state index in [1.54, 1.807) is 0 Å². The topological polar surface area (TPSA) is 15.3 Å². The lowest BCUT2D eigenvalue weighted by atomic mass is 10.1. The van der Waals surface area contributed by atoms with Crippen molar-refractivity contribution in [2.45, 2.75) is 0 Å². The van der Waals surface area contributed by atoms with Crippen molar-refractivity contribution in [1.82, 2.24) is 0 Å². The lowest BCUT2D eigenvalue weighted by molar-refractivity contribution is 1.30. The van der Waals surface area contributed by atoms with E-state index in [2.05, 4.69) is 162 Å². The van der Waals surface area contributed by atoms with Gasteiger partial charge in [-0.15, -0.1) is 22.7 Å². The number of benzene rings is 7. The largest absolute Gasteiger partial charge is 0.355 e. The molecule has 0 atom stereocenters. The lowest BCUT2D eigenvalue weighted by Gasteiger charge is -2.26. The Morgan fingerprint density at radius 1 is 0.364 bits per heavy atom. The summed E-state index contributed by atoms with van der Waals surface area (Å²) < 4.78 is 5.22. The molecule has 0 amide bonds. The van der Waals surface area contributed by atoms with Crippen molar-refractivity contribution in [3.8, 4) is 0 Å². The van der Waals surface area contributed by atoms with E-state index in [1.807, 2.05) is 22.7 Å². The van der Waals surface area contributed by atoms with Crippen molar-refractivity contribution in [2.75, 3.05) is 10.2 Å². The molecule has 2 aromatic heterocycles. The smallest absolute Gasteiger partial charge is 0.0476 e. The van der Waals surface area contributed by atoms with Gasteiger partial charge in [-0.05, 0) is 89.6 Å². The predicted molar refractivity (Wildman–Crippen MR) is 194 cm³/mol. The fourth-order valence-electron chi connectivity index (χ4n) is 6.29. The molecule has 44 heavy (non-hydrogen) atoms. The molecule has 0 spiro atoms. The van der Waals surface area contributed by atoms with E-state index in [0.717, 1.165) is 28.4 Å². The third kappa shape index (κ3) is 4.31. The summed E-state index contributed by atoms with van der Waals surface area (Å²) in [5, 5.41) is 11.4. The second-order valence-electron chi connectivity index (χ2n) is 11.1. The van der Waals surface area contributed by atoms with E-state index in [4.69, 9.17) is 0 Å². The van der Waals surface area contributed by atoms with Gasteiger partial charge in [-0.25, -0.2) is 0 Å². The predicted octanol–water partition coefficient (Wildman–Crippen LogP) is 12.8. The standard InChI is InChI=1S/C40H26N2S2/c1-2-10-30(11-3-1)42(31-17-14-26-8-4-5-9-27(26)22-31)32-18-19-34-36-24-29(16-21-39(36)44-40(34)25-32)41-28-15-20-38-35(23-28)33-12-6-7-13-37(33)43-38/h1-25,41H. The summed E-state index contributed by atoms with van der Waals surface area (Å²) >= 11 is 3.70. The summed E-state index contributed by atoms with van der Waals surface area (Å²) in [6, 6.07) is 54.9. The highest BCUT2D eigenvalue weighted by Crippen LogP contribution is 2.42. The highest BCUT2D eigenvalue weighted by molar-refractivity contribution is 7.26. The van der Waals surface area contributed by atoms with Gasteiger partial charge < -0.3 is 10.2 Å². The van der Waals surface area contributed by atoms with Crippen LogP contribution in [-0.2, 0) is 0 Å². The molecular formula is C40H26N2S2. The van der Waals surface area contributed by atoms with Crippen molar-refractivity contribution < 1.29 is 0 Å². The highest BCUT2D eigenvalue weighted by atomic mass is 32.1. The fraction of sp³-hybridized carbons (Fsp3) is 0. The number of nitrogens with zero attached hydrogens (tertiary/aromatic N) is 1. The highest BCUT2D eigenvalue weighted by Gasteiger charge is 2.15. The summed E-state index contributed by atoms with van der Waals surface area (Å²) in [7, 11) is 0. The van der Waals surface area contributed by atoms with Gasteiger partial charge >= 0.3 is 0 Å². The number of rotatable bonds is 5. The van der Waals surface area contributed by atoms with Crippen molar-refractivity contribution in [3.63, 3.8) is 0 Å². The average molecular weight is 599 g/mol. The van der Waals surface area contributed by atoms with Crippen LogP contribution in [0.2, 0.25) is 0 Å². The van der Waals surface area contributed by atoms with E-state index in [9.17, 15) is 0 Å². The van der Waals surface area contributed by atoms with Gasteiger partial charge in [0, 0.05) is 68.8 Å². The maximum atomic E-state index is 3.69. The molecule has 0 bridgehead atoms. The lowest BCUT2D eigenvalue weighted by Crippen LogP contribution is -2.09. The molecule has 2 nitrogen and oxygen atoms in total. The Labute approximate surface area is 263 Å². The molecule has 1 N–H and O–H groups in total. The zero-order valence-corrected chi connectivity index (χ0v) is 25.3. The van der Waals surface area contributed by atoms with Crippen LogP contribution in [0.5, 0.6) is 0 Å². The van der Waals surface area contributed by atoms with Crippen LogP contribution in [0.3, 0.4) is 0 Å². The number of nitrogens with one attached hydrogen (secondary N) is 1. The number of hydrogen-bond acceptors (Lipinski definition) is 4. The number of thiophene rings is 2. The van der Waals surface area contributed by atoms with Crippen molar-refractivity contribution in [2.24, 2.45) is 0 Å². The van der Waals surface area contributed by atoms with Gasteiger partial charge in [0.15, 0.2) is 0 Å². The van der Waals surface area contributed by atoms with Gasteiger partial charge in [0.25, 0.3) is 0 Å². The summed E-state index contributed by atoms with van der Waals surface area (Å²) in [5.41, 5.74) is 5.65. The van der Waals surface area contributed by atoms with Crippen molar-refractivity contribution in [1.29, 1.82) is 0 Å². The minimum Gasteiger partial charge on any atom is -0.355 e. The van der Waals surface area contributed by atoms with Crippen LogP contribution in [0.15, 0.2) is 152 Å². The Morgan fingerprint density at radius 2 is 0.955 bits per heavy atom. The first kappa shape index (κ1) is 25.3. The maximum absolute atomic E-state index is 3.69.